The molecule has 2 aliphatic rings. The van der Waals surface area contributed by atoms with Gasteiger partial charge < -0.3 is 20.3 Å². The van der Waals surface area contributed by atoms with Gasteiger partial charge in [0.2, 0.25) is 5.91 Å². The quantitative estimate of drug-likeness (QED) is 0.626. The number of para-hydroxylation sites is 1. The lowest BCUT2D eigenvalue weighted by Crippen LogP contribution is -2.52. The van der Waals surface area contributed by atoms with Crippen molar-refractivity contribution in [2.75, 3.05) is 29.5 Å². The van der Waals surface area contributed by atoms with Crippen molar-refractivity contribution in [2.24, 2.45) is 4.99 Å². The van der Waals surface area contributed by atoms with Crippen LogP contribution >= 0.6 is 11.8 Å². The first-order chi connectivity index (χ1) is 16.1. The van der Waals surface area contributed by atoms with E-state index in [2.05, 4.69) is 10.6 Å². The fourth-order valence-electron chi connectivity index (χ4n) is 4.01. The van der Waals surface area contributed by atoms with Crippen LogP contribution in [0.15, 0.2) is 53.5 Å². The average Bonchev–Trinajstić information content (AvgIpc) is 2.78. The van der Waals surface area contributed by atoms with Gasteiger partial charge in [-0.25, -0.2) is 9.79 Å². The van der Waals surface area contributed by atoms with Gasteiger partial charge in [-0.2, -0.15) is 0 Å². The summed E-state index contributed by atoms with van der Waals surface area (Å²) in [5.41, 5.74) is 2.92. The third-order valence-electron chi connectivity index (χ3n) is 5.76. The van der Waals surface area contributed by atoms with Gasteiger partial charge in [0.1, 0.15) is 16.3 Å². The molecule has 2 aliphatic heterocycles. The number of nitrogens with zero attached hydrogens (tertiary/aromatic N) is 2. The van der Waals surface area contributed by atoms with E-state index in [9.17, 15) is 9.59 Å². The summed E-state index contributed by atoms with van der Waals surface area (Å²) in [7, 11) is 0. The SMILES string of the molecule is Cc1ccc(NC(=O)CSC2=NC3(CCN(C(=O)OC(C)(C)C)CC3)Nc3ccccc32)cc1. The third kappa shape index (κ3) is 5.91. The Hall–Kier alpha value is -3.00. The predicted octanol–water partition coefficient (Wildman–Crippen LogP) is 5.27. The van der Waals surface area contributed by atoms with Crippen LogP contribution in [0.5, 0.6) is 0 Å². The van der Waals surface area contributed by atoms with Gasteiger partial charge in [-0.3, -0.25) is 4.79 Å². The maximum absolute atomic E-state index is 12.6. The highest BCUT2D eigenvalue weighted by molar-refractivity contribution is 8.15. The highest BCUT2D eigenvalue weighted by Crippen LogP contribution is 2.37. The second-order valence-corrected chi connectivity index (χ2v) is 10.8. The number of benzene rings is 2. The van der Waals surface area contributed by atoms with Crippen LogP contribution in [0.1, 0.15) is 44.7 Å². The highest BCUT2D eigenvalue weighted by atomic mass is 32.2. The minimum atomic E-state index is -0.518. The summed E-state index contributed by atoms with van der Waals surface area (Å²) in [5, 5.41) is 7.40. The molecule has 34 heavy (non-hydrogen) atoms. The van der Waals surface area contributed by atoms with Gasteiger partial charge in [0.15, 0.2) is 0 Å². The van der Waals surface area contributed by atoms with Gasteiger partial charge in [0, 0.05) is 42.9 Å². The molecule has 7 nitrogen and oxygen atoms in total. The molecule has 180 valence electrons. The predicted molar refractivity (Wildman–Crippen MR) is 139 cm³/mol. The zero-order chi connectivity index (χ0) is 24.3. The molecule has 8 heteroatoms. The van der Waals surface area contributed by atoms with Crippen molar-refractivity contribution < 1.29 is 14.3 Å². The van der Waals surface area contributed by atoms with Crippen LogP contribution in [0.2, 0.25) is 0 Å². The number of aliphatic imine (C=N–C) groups is 1. The van der Waals surface area contributed by atoms with E-state index in [0.717, 1.165) is 27.5 Å². The normalized spacial score (nSPS) is 16.8. The topological polar surface area (TPSA) is 83.0 Å². The fraction of sp³-hybridized carbons (Fsp3) is 0.423. The second-order valence-electron chi connectivity index (χ2n) is 9.79. The molecule has 0 bridgehead atoms. The number of rotatable bonds is 3. The van der Waals surface area contributed by atoms with Crippen molar-refractivity contribution in [2.45, 2.75) is 51.8 Å². The summed E-state index contributed by atoms with van der Waals surface area (Å²) in [6.45, 7) is 8.75. The summed E-state index contributed by atoms with van der Waals surface area (Å²) in [6, 6.07) is 15.8. The zero-order valence-corrected chi connectivity index (χ0v) is 21.0. The van der Waals surface area contributed by atoms with E-state index < -0.39 is 11.3 Å². The Kier molecular flexibility index (Phi) is 6.89. The van der Waals surface area contributed by atoms with Crippen LogP contribution in [0.4, 0.5) is 16.2 Å². The molecule has 0 aromatic heterocycles. The van der Waals surface area contributed by atoms with Crippen molar-refractivity contribution in [1.82, 2.24) is 4.90 Å². The summed E-state index contributed by atoms with van der Waals surface area (Å²) in [5.74, 6) is 0.197. The molecule has 0 atom stereocenters. The smallest absolute Gasteiger partial charge is 0.410 e. The number of aryl methyl sites for hydroxylation is 1. The first-order valence-corrected chi connectivity index (χ1v) is 12.6. The van der Waals surface area contributed by atoms with Crippen LogP contribution in [-0.2, 0) is 9.53 Å². The Morgan fingerprint density at radius 2 is 1.79 bits per heavy atom. The van der Waals surface area contributed by atoms with E-state index in [1.54, 1.807) is 4.90 Å². The molecule has 2 amide bonds. The number of fused-ring (bicyclic) bond motifs is 1. The number of nitrogens with one attached hydrogen (secondary N) is 2. The van der Waals surface area contributed by atoms with Crippen molar-refractivity contribution >= 4 is 40.2 Å². The van der Waals surface area contributed by atoms with Gasteiger partial charge in [-0.1, -0.05) is 47.7 Å². The van der Waals surface area contributed by atoms with E-state index >= 15 is 0 Å². The molecule has 4 rings (SSSR count). The molecule has 2 N–H and O–H groups in total. The van der Waals surface area contributed by atoms with Crippen LogP contribution in [-0.4, -0.2) is 52.1 Å². The average molecular weight is 481 g/mol. The number of carbonyl (C=O) groups is 2. The lowest BCUT2D eigenvalue weighted by atomic mass is 9.94. The van der Waals surface area contributed by atoms with Crippen LogP contribution in [0.3, 0.4) is 0 Å². The molecule has 1 saturated heterocycles. The Morgan fingerprint density at radius 3 is 2.47 bits per heavy atom. The molecular formula is C26H32N4O3S. The Morgan fingerprint density at radius 1 is 1.12 bits per heavy atom. The Labute approximate surface area is 205 Å². The van der Waals surface area contributed by atoms with Crippen molar-refractivity contribution in [3.05, 3.63) is 59.7 Å². The summed E-state index contributed by atoms with van der Waals surface area (Å²) >= 11 is 1.45. The molecule has 2 aromatic rings. The Balaban J connectivity index is 1.44. The number of ether oxygens (including phenoxy) is 1. The number of hydrogen-bond donors (Lipinski definition) is 2. The lowest BCUT2D eigenvalue weighted by Gasteiger charge is -2.43. The molecule has 2 heterocycles. The first kappa shape index (κ1) is 24.1. The number of anilines is 2. The number of likely N-dealkylation sites (tertiary alicyclic amines) is 1. The lowest BCUT2D eigenvalue weighted by molar-refractivity contribution is -0.113. The van der Waals surface area contributed by atoms with E-state index in [1.165, 1.54) is 11.8 Å². The van der Waals surface area contributed by atoms with Crippen LogP contribution < -0.4 is 10.6 Å². The third-order valence-corrected chi connectivity index (χ3v) is 6.75. The van der Waals surface area contributed by atoms with E-state index in [-0.39, 0.29) is 17.8 Å². The number of amides is 2. The highest BCUT2D eigenvalue weighted by Gasteiger charge is 2.40. The molecule has 1 fully saturated rings. The summed E-state index contributed by atoms with van der Waals surface area (Å²) < 4.78 is 5.53. The maximum Gasteiger partial charge on any atom is 0.410 e. The second kappa shape index (κ2) is 9.70. The largest absolute Gasteiger partial charge is 0.444 e. The Bertz CT molecular complexity index is 1080. The van der Waals surface area contributed by atoms with Gasteiger partial charge in [-0.15, -0.1) is 0 Å². The van der Waals surface area contributed by atoms with Crippen LogP contribution in [0.25, 0.3) is 0 Å². The van der Waals surface area contributed by atoms with Crippen LogP contribution in [0, 0.1) is 6.92 Å². The minimum Gasteiger partial charge on any atom is -0.444 e. The molecular weight excluding hydrogens is 448 g/mol. The minimum absolute atomic E-state index is 0.0682. The molecule has 0 radical (unpaired) electrons. The number of piperidine rings is 1. The van der Waals surface area contributed by atoms with E-state index in [4.69, 9.17) is 9.73 Å². The molecule has 0 unspecified atom stereocenters. The molecule has 0 aliphatic carbocycles. The monoisotopic (exact) mass is 480 g/mol. The number of hydrogen-bond acceptors (Lipinski definition) is 6. The molecule has 1 spiro atoms. The summed E-state index contributed by atoms with van der Waals surface area (Å²) in [6.07, 6.45) is 1.05. The van der Waals surface area contributed by atoms with Gasteiger partial charge in [-0.05, 0) is 45.9 Å². The first-order valence-electron chi connectivity index (χ1n) is 11.6. The van der Waals surface area contributed by atoms with Crippen molar-refractivity contribution in [1.29, 1.82) is 0 Å². The van der Waals surface area contributed by atoms with Gasteiger partial charge in [0.05, 0.1) is 5.75 Å². The van der Waals surface area contributed by atoms with Gasteiger partial charge in [0.25, 0.3) is 0 Å². The molecule has 2 aromatic carbocycles. The number of carbonyl (C=O) groups excluding carboxylic acids is 2. The van der Waals surface area contributed by atoms with Gasteiger partial charge >= 0.3 is 6.09 Å². The van der Waals surface area contributed by atoms with E-state index in [0.29, 0.717) is 25.9 Å². The standard InChI is InChI=1S/C26H32N4O3S/c1-18-9-11-19(12-10-18)27-22(31)17-34-23-20-7-5-6-8-21(20)28-26(29-23)13-15-30(16-14-26)24(32)33-25(2,3)4/h5-12,28H,13-17H2,1-4H3,(H,27,31). The van der Waals surface area contributed by atoms with E-state index in [1.807, 2.05) is 76.2 Å². The fourth-order valence-corrected chi connectivity index (χ4v) is 4.93. The molecule has 0 saturated carbocycles. The number of thioether (sulfide) groups is 1. The maximum atomic E-state index is 12.6. The summed E-state index contributed by atoms with van der Waals surface area (Å²) in [4.78, 5) is 31.9. The zero-order valence-electron chi connectivity index (χ0n) is 20.2. The van der Waals surface area contributed by atoms with Crippen molar-refractivity contribution in [3.63, 3.8) is 0 Å². The van der Waals surface area contributed by atoms with Crippen molar-refractivity contribution in [3.8, 4) is 0 Å².